The smallest absolute Gasteiger partial charge is 0.342 e. The van der Waals surface area contributed by atoms with Gasteiger partial charge in [0.15, 0.2) is 5.65 Å². The average molecular weight is 437 g/mol. The molecule has 2 atom stereocenters. The maximum Gasteiger partial charge on any atom is 0.391 e. The zero-order chi connectivity index (χ0) is 22.5. The van der Waals surface area contributed by atoms with Gasteiger partial charge in [-0.25, -0.2) is 9.50 Å². The van der Waals surface area contributed by atoms with Crippen molar-refractivity contribution in [2.45, 2.75) is 77.8 Å². The summed E-state index contributed by atoms with van der Waals surface area (Å²) in [5, 5.41) is 4.87. The lowest BCUT2D eigenvalue weighted by molar-refractivity contribution is -0.182. The van der Waals surface area contributed by atoms with E-state index in [0.717, 1.165) is 41.3 Å². The van der Waals surface area contributed by atoms with Crippen molar-refractivity contribution in [2.75, 3.05) is 13.1 Å². The largest absolute Gasteiger partial charge is 0.391 e. The summed E-state index contributed by atoms with van der Waals surface area (Å²) in [6, 6.07) is 1.95. The molecule has 0 N–H and O–H groups in total. The van der Waals surface area contributed by atoms with Gasteiger partial charge in [0.1, 0.15) is 0 Å². The van der Waals surface area contributed by atoms with Gasteiger partial charge in [0.2, 0.25) is 5.91 Å². The summed E-state index contributed by atoms with van der Waals surface area (Å²) in [6.07, 6.45) is -1.85. The molecule has 2 aliphatic rings. The maximum absolute atomic E-state index is 13.1. The highest BCUT2D eigenvalue weighted by Gasteiger charge is 2.42. The molecule has 0 aromatic carbocycles. The summed E-state index contributed by atoms with van der Waals surface area (Å²) in [6.45, 7) is 9.28. The lowest BCUT2D eigenvalue weighted by Gasteiger charge is -2.37. The molecule has 0 spiro atoms. The van der Waals surface area contributed by atoms with E-state index >= 15 is 0 Å². The van der Waals surface area contributed by atoms with Gasteiger partial charge in [0.05, 0.1) is 17.3 Å². The third-order valence-electron chi connectivity index (χ3n) is 7.51. The number of rotatable bonds is 2. The number of nitrogens with zero attached hydrogens (tertiary/aromatic N) is 4. The van der Waals surface area contributed by atoms with Crippen LogP contribution < -0.4 is 0 Å². The maximum atomic E-state index is 13.1. The van der Waals surface area contributed by atoms with Gasteiger partial charge in [0, 0.05) is 43.6 Å². The third kappa shape index (κ3) is 4.17. The van der Waals surface area contributed by atoms with Crippen molar-refractivity contribution in [3.05, 3.63) is 28.7 Å². The highest BCUT2D eigenvalue weighted by Crippen LogP contribution is 2.43. The molecule has 1 aliphatic heterocycles. The van der Waals surface area contributed by atoms with E-state index in [1.165, 1.54) is 0 Å². The minimum Gasteiger partial charge on any atom is -0.342 e. The second-order valence-corrected chi connectivity index (χ2v) is 9.47. The Morgan fingerprint density at radius 2 is 1.81 bits per heavy atom. The Morgan fingerprint density at radius 1 is 1.13 bits per heavy atom. The van der Waals surface area contributed by atoms with E-state index < -0.39 is 12.1 Å². The number of halogens is 3. The highest BCUT2D eigenvalue weighted by molar-refractivity contribution is 5.73. The van der Waals surface area contributed by atoms with Gasteiger partial charge in [-0.3, -0.25) is 4.79 Å². The first kappa shape index (κ1) is 22.1. The number of carbonyl (C=O) groups is 1. The molecule has 2 fully saturated rings. The van der Waals surface area contributed by atoms with Crippen LogP contribution in [0.15, 0.2) is 6.07 Å². The molecule has 1 amide bonds. The van der Waals surface area contributed by atoms with Crippen molar-refractivity contribution < 1.29 is 18.0 Å². The average Bonchev–Trinajstić information content (AvgIpc) is 3.12. The van der Waals surface area contributed by atoms with Crippen molar-refractivity contribution in [2.24, 2.45) is 11.8 Å². The predicted octanol–water partition coefficient (Wildman–Crippen LogP) is 5.15. The first-order valence-electron chi connectivity index (χ1n) is 11.2. The minimum atomic E-state index is -4.10. The van der Waals surface area contributed by atoms with Crippen molar-refractivity contribution >= 4 is 11.6 Å². The van der Waals surface area contributed by atoms with Crippen LogP contribution in [0.3, 0.4) is 0 Å². The molecule has 1 saturated heterocycles. The van der Waals surface area contributed by atoms with Gasteiger partial charge in [0.25, 0.3) is 0 Å². The number of piperidine rings is 1. The summed E-state index contributed by atoms with van der Waals surface area (Å²) in [5.74, 6) is -0.533. The zero-order valence-electron chi connectivity index (χ0n) is 18.7. The molecule has 31 heavy (non-hydrogen) atoms. The van der Waals surface area contributed by atoms with E-state index in [1.807, 2.05) is 29.3 Å². The van der Waals surface area contributed by atoms with Crippen molar-refractivity contribution in [1.29, 1.82) is 0 Å². The number of alkyl halides is 3. The Balaban J connectivity index is 1.68. The minimum absolute atomic E-state index is 0.0336. The third-order valence-corrected chi connectivity index (χ3v) is 7.51. The van der Waals surface area contributed by atoms with Gasteiger partial charge in [-0.1, -0.05) is 6.92 Å². The fourth-order valence-electron chi connectivity index (χ4n) is 5.31. The van der Waals surface area contributed by atoms with Gasteiger partial charge < -0.3 is 4.90 Å². The zero-order valence-corrected chi connectivity index (χ0v) is 18.7. The number of likely N-dealkylation sites (tertiary alicyclic amines) is 1. The highest BCUT2D eigenvalue weighted by atomic mass is 19.4. The molecule has 0 radical (unpaired) electrons. The van der Waals surface area contributed by atoms with Gasteiger partial charge in [-0.15, -0.1) is 0 Å². The summed E-state index contributed by atoms with van der Waals surface area (Å²) in [5.41, 5.74) is 4.67. The Bertz CT molecular complexity index is 975. The van der Waals surface area contributed by atoms with Gasteiger partial charge in [-0.2, -0.15) is 18.3 Å². The Labute approximate surface area is 181 Å². The number of hydrogen-bond acceptors (Lipinski definition) is 3. The Morgan fingerprint density at radius 3 is 2.42 bits per heavy atom. The molecule has 5 nitrogen and oxygen atoms in total. The van der Waals surface area contributed by atoms with Crippen LogP contribution in [0.25, 0.3) is 5.65 Å². The van der Waals surface area contributed by atoms with E-state index in [2.05, 4.69) is 6.92 Å². The number of fused-ring (bicyclic) bond motifs is 1. The number of aromatic nitrogens is 3. The molecular formula is C23H31F3N4O. The van der Waals surface area contributed by atoms with Crippen LogP contribution >= 0.6 is 0 Å². The monoisotopic (exact) mass is 436 g/mol. The van der Waals surface area contributed by atoms with E-state index in [9.17, 15) is 18.0 Å². The van der Waals surface area contributed by atoms with E-state index in [4.69, 9.17) is 10.1 Å². The SMILES string of the molecule is CC(=O)N1CC[C@@H](C)[C@@H](c2c(C)c(C)nc3cc([C@H]4CC[C@H](C(F)(F)F)CC4)nn23)C1. The van der Waals surface area contributed by atoms with Crippen molar-refractivity contribution in [3.63, 3.8) is 0 Å². The van der Waals surface area contributed by atoms with Crippen molar-refractivity contribution in [1.82, 2.24) is 19.5 Å². The Hall–Kier alpha value is -2.12. The molecular weight excluding hydrogens is 405 g/mol. The molecule has 0 unspecified atom stereocenters. The van der Waals surface area contributed by atoms with E-state index in [-0.39, 0.29) is 30.6 Å². The molecule has 2 aromatic heterocycles. The first-order valence-corrected chi connectivity index (χ1v) is 11.2. The number of carbonyl (C=O) groups excluding carboxylic acids is 1. The summed E-state index contributed by atoms with van der Waals surface area (Å²) in [7, 11) is 0. The second-order valence-electron chi connectivity index (χ2n) is 9.47. The topological polar surface area (TPSA) is 50.5 Å². The normalized spacial score (nSPS) is 27.6. The molecule has 3 heterocycles. The van der Waals surface area contributed by atoms with Crippen LogP contribution in [0, 0.1) is 25.7 Å². The fourth-order valence-corrected chi connectivity index (χ4v) is 5.31. The molecule has 0 bridgehead atoms. The van der Waals surface area contributed by atoms with Crippen LogP contribution in [0.5, 0.6) is 0 Å². The fraction of sp³-hybridized carbons (Fsp3) is 0.696. The lowest BCUT2D eigenvalue weighted by Crippen LogP contribution is -2.42. The lowest BCUT2D eigenvalue weighted by atomic mass is 9.80. The molecule has 1 saturated carbocycles. The van der Waals surface area contributed by atoms with Crippen LogP contribution in [-0.4, -0.2) is 44.7 Å². The van der Waals surface area contributed by atoms with Gasteiger partial charge >= 0.3 is 6.18 Å². The number of aryl methyl sites for hydroxylation is 1. The molecule has 1 aliphatic carbocycles. The van der Waals surface area contributed by atoms with E-state index in [0.29, 0.717) is 25.3 Å². The Kier molecular flexibility index (Phi) is 5.77. The molecule has 4 rings (SSSR count). The van der Waals surface area contributed by atoms with Crippen LogP contribution in [-0.2, 0) is 4.79 Å². The number of amides is 1. The second kappa shape index (κ2) is 8.10. The first-order chi connectivity index (χ1) is 14.6. The summed E-state index contributed by atoms with van der Waals surface area (Å²) >= 11 is 0. The van der Waals surface area contributed by atoms with Crippen LogP contribution in [0.1, 0.15) is 80.4 Å². The summed E-state index contributed by atoms with van der Waals surface area (Å²) < 4.78 is 41.1. The van der Waals surface area contributed by atoms with Crippen molar-refractivity contribution in [3.8, 4) is 0 Å². The molecule has 170 valence electrons. The molecule has 8 heteroatoms. The quantitative estimate of drug-likeness (QED) is 0.654. The predicted molar refractivity (Wildman–Crippen MR) is 112 cm³/mol. The van der Waals surface area contributed by atoms with E-state index in [1.54, 1.807) is 6.92 Å². The molecule has 2 aromatic rings. The summed E-state index contributed by atoms with van der Waals surface area (Å²) in [4.78, 5) is 18.6. The van der Waals surface area contributed by atoms with Gasteiger partial charge in [-0.05, 0) is 57.4 Å². The van der Waals surface area contributed by atoms with Crippen LogP contribution in [0.4, 0.5) is 13.2 Å². The van der Waals surface area contributed by atoms with Crippen LogP contribution in [0.2, 0.25) is 0 Å². The number of hydrogen-bond donors (Lipinski definition) is 0. The standard InChI is InChI=1S/C23H31F3N4O/c1-13-9-10-29(16(4)31)12-19(13)22-14(2)15(3)27-21-11-20(28-30(21)22)17-5-7-18(8-6-17)23(24,25)26/h11,13,17-19H,5-10,12H2,1-4H3/t13-,17-,18-,19+/m1/s1.